The van der Waals surface area contributed by atoms with E-state index in [1.165, 1.54) is 6.26 Å². The SMILES string of the molecule is CCOc1cncc(C(O)c2ccoc2Br)c1. The molecule has 2 heterocycles. The fourth-order valence-corrected chi connectivity index (χ4v) is 1.97. The van der Waals surface area contributed by atoms with Crippen molar-refractivity contribution in [2.75, 3.05) is 6.61 Å². The Bertz CT molecular complexity index is 498. The van der Waals surface area contributed by atoms with Gasteiger partial charge in [0.05, 0.1) is 19.1 Å². The smallest absolute Gasteiger partial charge is 0.175 e. The first-order valence-corrected chi connectivity index (χ1v) is 6.00. The molecule has 0 spiro atoms. The molecule has 5 heteroatoms. The highest BCUT2D eigenvalue weighted by atomic mass is 79.9. The quantitative estimate of drug-likeness (QED) is 0.943. The summed E-state index contributed by atoms with van der Waals surface area (Å²) >= 11 is 3.24. The summed E-state index contributed by atoms with van der Waals surface area (Å²) in [5, 5.41) is 10.2. The first-order valence-electron chi connectivity index (χ1n) is 5.21. The lowest BCUT2D eigenvalue weighted by atomic mass is 10.1. The maximum absolute atomic E-state index is 10.2. The van der Waals surface area contributed by atoms with Crippen molar-refractivity contribution >= 4 is 15.9 Å². The van der Waals surface area contributed by atoms with E-state index in [2.05, 4.69) is 20.9 Å². The summed E-state index contributed by atoms with van der Waals surface area (Å²) < 4.78 is 10.9. The van der Waals surface area contributed by atoms with E-state index in [-0.39, 0.29) is 0 Å². The van der Waals surface area contributed by atoms with E-state index >= 15 is 0 Å². The molecule has 0 aromatic carbocycles. The van der Waals surface area contributed by atoms with Crippen molar-refractivity contribution in [3.05, 3.63) is 46.6 Å². The van der Waals surface area contributed by atoms with Gasteiger partial charge >= 0.3 is 0 Å². The third-order valence-electron chi connectivity index (χ3n) is 2.30. The first kappa shape index (κ1) is 12.1. The molecule has 1 unspecified atom stereocenters. The number of rotatable bonds is 4. The third-order valence-corrected chi connectivity index (χ3v) is 2.95. The van der Waals surface area contributed by atoms with Gasteiger partial charge in [-0.05, 0) is 35.0 Å². The van der Waals surface area contributed by atoms with Gasteiger partial charge in [-0.3, -0.25) is 4.98 Å². The summed E-state index contributed by atoms with van der Waals surface area (Å²) in [4.78, 5) is 4.03. The number of furan rings is 1. The predicted molar refractivity (Wildman–Crippen MR) is 65.9 cm³/mol. The molecule has 90 valence electrons. The lowest BCUT2D eigenvalue weighted by Crippen LogP contribution is -2.01. The van der Waals surface area contributed by atoms with Gasteiger partial charge in [-0.1, -0.05) is 0 Å². The van der Waals surface area contributed by atoms with Gasteiger partial charge in [0.1, 0.15) is 11.9 Å². The Balaban J connectivity index is 2.28. The molecule has 0 aliphatic carbocycles. The van der Waals surface area contributed by atoms with Crippen LogP contribution < -0.4 is 4.74 Å². The summed E-state index contributed by atoms with van der Waals surface area (Å²) in [6.07, 6.45) is 3.95. The molecular weight excluding hydrogens is 286 g/mol. The molecule has 0 saturated carbocycles. The standard InChI is InChI=1S/C12H12BrNO3/c1-2-16-9-5-8(6-14-7-9)11(15)10-3-4-17-12(10)13/h3-7,11,15H,2H2,1H3. The predicted octanol–water partition coefficient (Wildman–Crippen LogP) is 2.92. The number of aliphatic hydroxyl groups is 1. The largest absolute Gasteiger partial charge is 0.492 e. The van der Waals surface area contributed by atoms with Crippen molar-refractivity contribution < 1.29 is 14.3 Å². The number of hydrogen-bond donors (Lipinski definition) is 1. The molecule has 0 aliphatic heterocycles. The molecule has 1 N–H and O–H groups in total. The lowest BCUT2D eigenvalue weighted by Gasteiger charge is -2.10. The number of hydrogen-bond acceptors (Lipinski definition) is 4. The molecule has 0 saturated heterocycles. The summed E-state index contributed by atoms with van der Waals surface area (Å²) in [6, 6.07) is 3.47. The van der Waals surface area contributed by atoms with Gasteiger partial charge < -0.3 is 14.3 Å². The van der Waals surface area contributed by atoms with Gasteiger partial charge in [0.2, 0.25) is 0 Å². The minimum Gasteiger partial charge on any atom is -0.492 e. The van der Waals surface area contributed by atoms with E-state index < -0.39 is 6.10 Å². The minimum atomic E-state index is -0.781. The Labute approximate surface area is 107 Å². The van der Waals surface area contributed by atoms with Crippen LogP contribution in [-0.4, -0.2) is 16.7 Å². The van der Waals surface area contributed by atoms with Crippen LogP contribution in [0.4, 0.5) is 0 Å². The highest BCUT2D eigenvalue weighted by molar-refractivity contribution is 9.10. The molecule has 0 bridgehead atoms. The number of halogens is 1. The number of aliphatic hydroxyl groups excluding tert-OH is 1. The van der Waals surface area contributed by atoms with Crippen LogP contribution in [0.5, 0.6) is 5.75 Å². The van der Waals surface area contributed by atoms with Crippen LogP contribution in [0.1, 0.15) is 24.2 Å². The van der Waals surface area contributed by atoms with E-state index in [0.29, 0.717) is 28.2 Å². The molecule has 2 rings (SSSR count). The molecule has 17 heavy (non-hydrogen) atoms. The zero-order valence-corrected chi connectivity index (χ0v) is 10.8. The number of aromatic nitrogens is 1. The molecule has 4 nitrogen and oxygen atoms in total. The molecule has 0 fully saturated rings. The monoisotopic (exact) mass is 297 g/mol. The average molecular weight is 298 g/mol. The fourth-order valence-electron chi connectivity index (χ4n) is 1.51. The second-order valence-corrected chi connectivity index (χ2v) is 4.16. The van der Waals surface area contributed by atoms with Crippen molar-refractivity contribution in [3.8, 4) is 5.75 Å². The van der Waals surface area contributed by atoms with Crippen LogP contribution in [0.2, 0.25) is 0 Å². The normalized spacial score (nSPS) is 12.4. The second kappa shape index (κ2) is 5.33. The van der Waals surface area contributed by atoms with Crippen molar-refractivity contribution in [2.45, 2.75) is 13.0 Å². The van der Waals surface area contributed by atoms with Crippen LogP contribution >= 0.6 is 15.9 Å². The lowest BCUT2D eigenvalue weighted by molar-refractivity contribution is 0.216. The third kappa shape index (κ3) is 2.68. The van der Waals surface area contributed by atoms with Gasteiger partial charge in [0.25, 0.3) is 0 Å². The van der Waals surface area contributed by atoms with Crippen LogP contribution in [0.25, 0.3) is 0 Å². The molecule has 2 aromatic rings. The Hall–Kier alpha value is -1.33. The Morgan fingerprint density at radius 1 is 1.53 bits per heavy atom. The van der Waals surface area contributed by atoms with Gasteiger partial charge in [-0.15, -0.1) is 0 Å². The van der Waals surface area contributed by atoms with E-state index in [4.69, 9.17) is 9.15 Å². The minimum absolute atomic E-state index is 0.520. The maximum atomic E-state index is 10.2. The van der Waals surface area contributed by atoms with Gasteiger partial charge in [-0.2, -0.15) is 0 Å². The Morgan fingerprint density at radius 3 is 3.00 bits per heavy atom. The van der Waals surface area contributed by atoms with Crippen molar-refractivity contribution in [1.29, 1.82) is 0 Å². The van der Waals surface area contributed by atoms with Crippen LogP contribution in [0.3, 0.4) is 0 Å². The van der Waals surface area contributed by atoms with Crippen molar-refractivity contribution in [2.24, 2.45) is 0 Å². The Morgan fingerprint density at radius 2 is 2.35 bits per heavy atom. The highest BCUT2D eigenvalue weighted by Crippen LogP contribution is 2.30. The van der Waals surface area contributed by atoms with E-state index in [1.54, 1.807) is 24.5 Å². The maximum Gasteiger partial charge on any atom is 0.175 e. The average Bonchev–Trinajstić information content (AvgIpc) is 2.75. The van der Waals surface area contributed by atoms with E-state index in [9.17, 15) is 5.11 Å². The molecule has 0 radical (unpaired) electrons. The van der Waals surface area contributed by atoms with Gasteiger partial charge in [0.15, 0.2) is 4.67 Å². The fraction of sp³-hybridized carbons (Fsp3) is 0.250. The van der Waals surface area contributed by atoms with E-state index in [0.717, 1.165) is 0 Å². The second-order valence-electron chi connectivity index (χ2n) is 3.44. The van der Waals surface area contributed by atoms with Crippen molar-refractivity contribution in [3.63, 3.8) is 0 Å². The summed E-state index contributed by atoms with van der Waals surface area (Å²) in [5.74, 6) is 0.642. The number of pyridine rings is 1. The topological polar surface area (TPSA) is 55.5 Å². The molecule has 1 atom stereocenters. The molecule has 2 aromatic heterocycles. The first-order chi connectivity index (χ1) is 8.22. The van der Waals surface area contributed by atoms with E-state index in [1.807, 2.05) is 6.92 Å². The van der Waals surface area contributed by atoms with Crippen molar-refractivity contribution in [1.82, 2.24) is 4.98 Å². The summed E-state index contributed by atoms with van der Waals surface area (Å²) in [7, 11) is 0. The Kier molecular flexibility index (Phi) is 3.81. The number of ether oxygens (including phenoxy) is 1. The molecule has 0 amide bonds. The highest BCUT2D eigenvalue weighted by Gasteiger charge is 2.16. The zero-order chi connectivity index (χ0) is 12.3. The molecular formula is C12H12BrNO3. The summed E-state index contributed by atoms with van der Waals surface area (Å²) in [6.45, 7) is 2.46. The van der Waals surface area contributed by atoms with Crippen LogP contribution in [0.15, 0.2) is 39.9 Å². The van der Waals surface area contributed by atoms with Crippen LogP contribution in [0, 0.1) is 0 Å². The molecule has 0 aliphatic rings. The summed E-state index contributed by atoms with van der Waals surface area (Å²) in [5.41, 5.74) is 1.33. The van der Waals surface area contributed by atoms with Crippen LogP contribution in [-0.2, 0) is 0 Å². The van der Waals surface area contributed by atoms with Gasteiger partial charge in [0, 0.05) is 17.3 Å². The zero-order valence-electron chi connectivity index (χ0n) is 9.26. The number of nitrogens with zero attached hydrogens (tertiary/aromatic N) is 1. The van der Waals surface area contributed by atoms with Gasteiger partial charge in [-0.25, -0.2) is 0 Å².